The Morgan fingerprint density at radius 1 is 1.24 bits per heavy atom. The van der Waals surface area contributed by atoms with Crippen LogP contribution in [-0.2, 0) is 4.79 Å². The molecule has 1 saturated heterocycles. The van der Waals surface area contributed by atoms with Crippen LogP contribution in [0.25, 0.3) is 0 Å². The summed E-state index contributed by atoms with van der Waals surface area (Å²) in [5.74, 6) is 0.572. The molecular weight excluding hydrogens is 264 g/mol. The summed E-state index contributed by atoms with van der Waals surface area (Å²) in [5.41, 5.74) is -0.662. The first kappa shape index (κ1) is 15.3. The lowest BCUT2D eigenvalue weighted by molar-refractivity contribution is -0.146. The second-order valence-corrected chi connectivity index (χ2v) is 7.34. The SMILES string of the molecule is CNC1(C(=O)O)CCCC1CCN1CCCC2CCCC21. The van der Waals surface area contributed by atoms with E-state index in [9.17, 15) is 9.90 Å². The van der Waals surface area contributed by atoms with Crippen LogP contribution in [-0.4, -0.2) is 47.7 Å². The number of carbonyl (C=O) groups is 1. The van der Waals surface area contributed by atoms with Gasteiger partial charge in [-0.2, -0.15) is 0 Å². The van der Waals surface area contributed by atoms with Gasteiger partial charge in [-0.3, -0.25) is 4.79 Å². The maximum absolute atomic E-state index is 11.7. The van der Waals surface area contributed by atoms with E-state index in [4.69, 9.17) is 0 Å². The van der Waals surface area contributed by atoms with Crippen LogP contribution in [0.15, 0.2) is 0 Å². The number of fused-ring (bicyclic) bond motifs is 1. The van der Waals surface area contributed by atoms with E-state index >= 15 is 0 Å². The molecule has 2 N–H and O–H groups in total. The van der Waals surface area contributed by atoms with Gasteiger partial charge in [0.15, 0.2) is 0 Å². The Bertz CT molecular complexity index is 387. The lowest BCUT2D eigenvalue weighted by atomic mass is 9.84. The van der Waals surface area contributed by atoms with E-state index in [0.29, 0.717) is 5.92 Å². The highest BCUT2D eigenvalue weighted by atomic mass is 16.4. The highest BCUT2D eigenvalue weighted by Crippen LogP contribution is 2.40. The van der Waals surface area contributed by atoms with E-state index in [0.717, 1.165) is 44.2 Å². The Kier molecular flexibility index (Phi) is 4.55. The first-order valence-corrected chi connectivity index (χ1v) is 8.84. The molecule has 3 fully saturated rings. The van der Waals surface area contributed by atoms with Gasteiger partial charge in [0.25, 0.3) is 0 Å². The maximum Gasteiger partial charge on any atom is 0.324 e. The van der Waals surface area contributed by atoms with Crippen LogP contribution >= 0.6 is 0 Å². The standard InChI is InChI=1S/C17H30N2O2/c1-18-17(16(20)21)10-3-7-14(17)9-12-19-11-4-6-13-5-2-8-15(13)19/h13-15,18H,2-12H2,1H3,(H,20,21). The van der Waals surface area contributed by atoms with Crippen LogP contribution in [0.5, 0.6) is 0 Å². The van der Waals surface area contributed by atoms with Crippen molar-refractivity contribution in [3.63, 3.8) is 0 Å². The second kappa shape index (κ2) is 6.25. The number of likely N-dealkylation sites (tertiary alicyclic amines) is 1. The Labute approximate surface area is 128 Å². The van der Waals surface area contributed by atoms with Gasteiger partial charge in [0.05, 0.1) is 0 Å². The monoisotopic (exact) mass is 294 g/mol. The summed E-state index contributed by atoms with van der Waals surface area (Å²) in [6, 6.07) is 0.800. The number of likely N-dealkylation sites (N-methyl/N-ethyl adjacent to an activating group) is 1. The molecule has 1 heterocycles. The Hall–Kier alpha value is -0.610. The molecule has 0 amide bonds. The molecule has 0 aromatic heterocycles. The fourth-order valence-electron chi connectivity index (χ4n) is 5.34. The van der Waals surface area contributed by atoms with Gasteiger partial charge in [-0.1, -0.05) is 12.8 Å². The van der Waals surface area contributed by atoms with E-state index in [1.807, 2.05) is 7.05 Å². The van der Waals surface area contributed by atoms with E-state index in [-0.39, 0.29) is 0 Å². The minimum absolute atomic E-state index is 0.293. The fraction of sp³-hybridized carbons (Fsp3) is 0.941. The second-order valence-electron chi connectivity index (χ2n) is 7.34. The topological polar surface area (TPSA) is 52.6 Å². The van der Waals surface area contributed by atoms with Crippen molar-refractivity contribution in [3.05, 3.63) is 0 Å². The number of carboxylic acids is 1. The number of carboxylic acid groups (broad SMARTS) is 1. The third kappa shape index (κ3) is 2.72. The molecule has 0 bridgehead atoms. The number of hydrogen-bond donors (Lipinski definition) is 2. The number of hydrogen-bond acceptors (Lipinski definition) is 3. The highest BCUT2D eigenvalue weighted by molar-refractivity contribution is 5.79. The minimum atomic E-state index is -0.662. The Balaban J connectivity index is 1.60. The molecule has 2 saturated carbocycles. The summed E-state index contributed by atoms with van der Waals surface area (Å²) >= 11 is 0. The molecule has 120 valence electrons. The molecule has 0 radical (unpaired) electrons. The smallest absolute Gasteiger partial charge is 0.324 e. The van der Waals surface area contributed by atoms with E-state index in [2.05, 4.69) is 10.2 Å². The van der Waals surface area contributed by atoms with Crippen molar-refractivity contribution in [3.8, 4) is 0 Å². The molecule has 1 aliphatic heterocycles. The Morgan fingerprint density at radius 3 is 2.81 bits per heavy atom. The highest BCUT2D eigenvalue weighted by Gasteiger charge is 2.48. The van der Waals surface area contributed by atoms with E-state index in [1.54, 1.807) is 0 Å². The molecule has 0 aromatic rings. The van der Waals surface area contributed by atoms with Crippen molar-refractivity contribution in [2.75, 3.05) is 20.1 Å². The summed E-state index contributed by atoms with van der Waals surface area (Å²) in [6.07, 6.45) is 10.9. The van der Waals surface area contributed by atoms with Crippen LogP contribution < -0.4 is 5.32 Å². The van der Waals surface area contributed by atoms with Gasteiger partial charge >= 0.3 is 5.97 Å². The first-order valence-electron chi connectivity index (χ1n) is 8.84. The van der Waals surface area contributed by atoms with Crippen LogP contribution in [0, 0.1) is 11.8 Å². The average Bonchev–Trinajstić information content (AvgIpc) is 3.11. The van der Waals surface area contributed by atoms with E-state index in [1.165, 1.54) is 38.6 Å². The quantitative estimate of drug-likeness (QED) is 0.818. The van der Waals surface area contributed by atoms with Crippen molar-refractivity contribution in [1.82, 2.24) is 10.2 Å². The largest absolute Gasteiger partial charge is 0.480 e. The van der Waals surface area contributed by atoms with Gasteiger partial charge in [-0.25, -0.2) is 0 Å². The zero-order chi connectivity index (χ0) is 14.9. The summed E-state index contributed by atoms with van der Waals surface area (Å²) < 4.78 is 0. The van der Waals surface area contributed by atoms with Crippen molar-refractivity contribution in [2.45, 2.75) is 69.4 Å². The fourth-order valence-corrected chi connectivity index (χ4v) is 5.34. The molecule has 4 atom stereocenters. The lowest BCUT2D eigenvalue weighted by Crippen LogP contribution is -2.54. The van der Waals surface area contributed by atoms with Crippen LogP contribution in [0.2, 0.25) is 0 Å². The Morgan fingerprint density at radius 2 is 2.05 bits per heavy atom. The summed E-state index contributed by atoms with van der Waals surface area (Å²) in [6.45, 7) is 2.33. The van der Waals surface area contributed by atoms with Gasteiger partial charge in [-0.05, 0) is 76.9 Å². The van der Waals surface area contributed by atoms with E-state index < -0.39 is 11.5 Å². The molecule has 3 aliphatic rings. The van der Waals surface area contributed by atoms with Gasteiger partial charge in [0, 0.05) is 6.04 Å². The summed E-state index contributed by atoms with van der Waals surface area (Å²) in [7, 11) is 1.82. The molecule has 3 rings (SSSR count). The summed E-state index contributed by atoms with van der Waals surface area (Å²) in [4.78, 5) is 14.4. The number of rotatable bonds is 5. The third-order valence-electron chi connectivity index (χ3n) is 6.52. The third-order valence-corrected chi connectivity index (χ3v) is 6.52. The molecule has 4 heteroatoms. The molecule has 2 aliphatic carbocycles. The predicted octanol–water partition coefficient (Wildman–Crippen LogP) is 2.48. The molecule has 21 heavy (non-hydrogen) atoms. The maximum atomic E-state index is 11.7. The first-order chi connectivity index (χ1) is 10.2. The average molecular weight is 294 g/mol. The van der Waals surface area contributed by atoms with Gasteiger partial charge in [0.2, 0.25) is 0 Å². The van der Waals surface area contributed by atoms with Crippen molar-refractivity contribution in [2.24, 2.45) is 11.8 Å². The molecule has 4 unspecified atom stereocenters. The molecule has 4 nitrogen and oxygen atoms in total. The van der Waals surface area contributed by atoms with Crippen LogP contribution in [0.3, 0.4) is 0 Å². The molecule has 0 spiro atoms. The zero-order valence-corrected chi connectivity index (χ0v) is 13.3. The van der Waals surface area contributed by atoms with Crippen molar-refractivity contribution >= 4 is 5.97 Å². The van der Waals surface area contributed by atoms with Gasteiger partial charge in [-0.15, -0.1) is 0 Å². The molecule has 0 aromatic carbocycles. The number of nitrogens with one attached hydrogen (secondary N) is 1. The summed E-state index contributed by atoms with van der Waals surface area (Å²) in [5, 5.41) is 12.8. The van der Waals surface area contributed by atoms with Gasteiger partial charge < -0.3 is 15.3 Å². The number of nitrogens with zero attached hydrogens (tertiary/aromatic N) is 1. The van der Waals surface area contributed by atoms with Gasteiger partial charge in [0.1, 0.15) is 5.54 Å². The zero-order valence-electron chi connectivity index (χ0n) is 13.3. The van der Waals surface area contributed by atoms with Crippen molar-refractivity contribution < 1.29 is 9.90 Å². The van der Waals surface area contributed by atoms with Crippen LogP contribution in [0.1, 0.15) is 57.8 Å². The van der Waals surface area contributed by atoms with Crippen molar-refractivity contribution in [1.29, 1.82) is 0 Å². The number of piperidine rings is 1. The molecular formula is C17H30N2O2. The lowest BCUT2D eigenvalue weighted by Gasteiger charge is -2.39. The normalized spacial score (nSPS) is 40.3. The number of aliphatic carboxylic acids is 1. The predicted molar refractivity (Wildman–Crippen MR) is 83.3 cm³/mol. The minimum Gasteiger partial charge on any atom is -0.480 e. The van der Waals surface area contributed by atoms with Crippen LogP contribution in [0.4, 0.5) is 0 Å².